The number of aliphatic hydroxyl groups is 1. The first-order chi connectivity index (χ1) is 11.4. The summed E-state index contributed by atoms with van der Waals surface area (Å²) >= 11 is 1.36. The Kier molecular flexibility index (Phi) is 4.88. The molecule has 3 heterocycles. The Morgan fingerprint density at radius 1 is 1.33 bits per heavy atom. The third-order valence-corrected chi connectivity index (χ3v) is 6.02. The number of nitrogens with one attached hydrogen (secondary N) is 1. The van der Waals surface area contributed by atoms with Gasteiger partial charge in [0.05, 0.1) is 29.4 Å². The van der Waals surface area contributed by atoms with Gasteiger partial charge in [0.2, 0.25) is 0 Å². The molecule has 24 heavy (non-hydrogen) atoms. The lowest BCUT2D eigenvalue weighted by atomic mass is 10.2. The average molecular weight is 369 g/mol. The SMILES string of the molecule is O=C(N[C@@H]1CS(=O)(=O)C[C@H]1O)c1ccc(CSc2ncccn2)o1. The van der Waals surface area contributed by atoms with E-state index < -0.39 is 27.9 Å². The molecule has 2 N–H and O–H groups in total. The van der Waals surface area contributed by atoms with E-state index in [4.69, 9.17) is 4.42 Å². The maximum Gasteiger partial charge on any atom is 0.287 e. The number of rotatable bonds is 5. The van der Waals surface area contributed by atoms with Crippen molar-refractivity contribution in [3.05, 3.63) is 42.1 Å². The highest BCUT2D eigenvalue weighted by Crippen LogP contribution is 2.20. The summed E-state index contributed by atoms with van der Waals surface area (Å²) < 4.78 is 28.3. The van der Waals surface area contributed by atoms with Crippen LogP contribution in [0.2, 0.25) is 0 Å². The first-order valence-electron chi connectivity index (χ1n) is 7.11. The molecule has 1 aliphatic rings. The van der Waals surface area contributed by atoms with Gasteiger partial charge >= 0.3 is 0 Å². The lowest BCUT2D eigenvalue weighted by Crippen LogP contribution is -2.42. The van der Waals surface area contributed by atoms with Crippen LogP contribution in [0.25, 0.3) is 0 Å². The molecular formula is C14H15N3O5S2. The Bertz CT molecular complexity index is 822. The van der Waals surface area contributed by atoms with Crippen LogP contribution in [0.5, 0.6) is 0 Å². The van der Waals surface area contributed by atoms with Crippen molar-refractivity contribution < 1.29 is 22.7 Å². The molecule has 0 unspecified atom stereocenters. The van der Waals surface area contributed by atoms with Crippen molar-refractivity contribution in [3.63, 3.8) is 0 Å². The van der Waals surface area contributed by atoms with Gasteiger partial charge in [0, 0.05) is 12.4 Å². The highest BCUT2D eigenvalue weighted by atomic mass is 32.2. The smallest absolute Gasteiger partial charge is 0.287 e. The largest absolute Gasteiger partial charge is 0.455 e. The van der Waals surface area contributed by atoms with Gasteiger partial charge in [-0.3, -0.25) is 4.79 Å². The van der Waals surface area contributed by atoms with Gasteiger partial charge in [0.25, 0.3) is 5.91 Å². The van der Waals surface area contributed by atoms with Crippen LogP contribution in [0.15, 0.2) is 40.2 Å². The predicted octanol–water partition coefficient (Wildman–Crippen LogP) is 0.250. The van der Waals surface area contributed by atoms with Gasteiger partial charge in [0.15, 0.2) is 20.8 Å². The van der Waals surface area contributed by atoms with Gasteiger partial charge in [-0.1, -0.05) is 11.8 Å². The lowest BCUT2D eigenvalue weighted by molar-refractivity contribution is 0.0860. The van der Waals surface area contributed by atoms with Crippen LogP contribution in [-0.2, 0) is 15.6 Å². The molecule has 0 spiro atoms. The number of hydrogen-bond acceptors (Lipinski definition) is 8. The summed E-state index contributed by atoms with van der Waals surface area (Å²) in [5.74, 6) is -0.0711. The maximum atomic E-state index is 12.1. The first-order valence-corrected chi connectivity index (χ1v) is 9.91. The van der Waals surface area contributed by atoms with Crippen LogP contribution < -0.4 is 5.32 Å². The summed E-state index contributed by atoms with van der Waals surface area (Å²) in [7, 11) is -3.32. The summed E-state index contributed by atoms with van der Waals surface area (Å²) in [5.41, 5.74) is 0. The fraction of sp³-hybridized carbons (Fsp3) is 0.357. The van der Waals surface area contributed by atoms with Gasteiger partial charge in [-0.2, -0.15) is 0 Å². The van der Waals surface area contributed by atoms with E-state index >= 15 is 0 Å². The van der Waals surface area contributed by atoms with Gasteiger partial charge in [-0.25, -0.2) is 18.4 Å². The number of sulfone groups is 1. The lowest BCUT2D eigenvalue weighted by Gasteiger charge is -2.13. The number of nitrogens with zero attached hydrogens (tertiary/aromatic N) is 2. The summed E-state index contributed by atoms with van der Waals surface area (Å²) in [4.78, 5) is 20.2. The molecule has 10 heteroatoms. The minimum Gasteiger partial charge on any atom is -0.455 e. The van der Waals surface area contributed by atoms with Gasteiger partial charge in [-0.05, 0) is 18.2 Å². The van der Waals surface area contributed by atoms with Crippen LogP contribution in [0, 0.1) is 0 Å². The number of hydrogen-bond donors (Lipinski definition) is 2. The number of furan rings is 1. The normalized spacial score (nSPS) is 22.4. The Morgan fingerprint density at radius 3 is 2.75 bits per heavy atom. The van der Waals surface area contributed by atoms with Crippen molar-refractivity contribution in [2.75, 3.05) is 11.5 Å². The van der Waals surface area contributed by atoms with Crippen LogP contribution in [0.1, 0.15) is 16.3 Å². The van der Waals surface area contributed by atoms with Crippen molar-refractivity contribution in [2.45, 2.75) is 23.1 Å². The van der Waals surface area contributed by atoms with Crippen molar-refractivity contribution in [2.24, 2.45) is 0 Å². The van der Waals surface area contributed by atoms with E-state index in [1.54, 1.807) is 24.5 Å². The fourth-order valence-electron chi connectivity index (χ4n) is 2.28. The quantitative estimate of drug-likeness (QED) is 0.568. The summed E-state index contributed by atoms with van der Waals surface area (Å²) in [5, 5.41) is 12.8. The number of carbonyl (C=O) groups excluding carboxylic acids is 1. The molecule has 0 saturated carbocycles. The number of thioether (sulfide) groups is 1. The van der Waals surface area contributed by atoms with E-state index in [0.717, 1.165) is 0 Å². The zero-order chi connectivity index (χ0) is 17.2. The third-order valence-electron chi connectivity index (χ3n) is 3.41. The van der Waals surface area contributed by atoms with Crippen molar-refractivity contribution >= 4 is 27.5 Å². The molecular weight excluding hydrogens is 354 g/mol. The highest BCUT2D eigenvalue weighted by molar-refractivity contribution is 7.98. The molecule has 1 fully saturated rings. The molecule has 2 aromatic heterocycles. The monoisotopic (exact) mass is 369 g/mol. The molecule has 3 rings (SSSR count). The molecule has 0 bridgehead atoms. The van der Waals surface area contributed by atoms with E-state index in [0.29, 0.717) is 16.7 Å². The molecule has 2 atom stereocenters. The molecule has 1 saturated heterocycles. The van der Waals surface area contributed by atoms with E-state index in [1.165, 1.54) is 17.8 Å². The second-order valence-electron chi connectivity index (χ2n) is 5.31. The molecule has 128 valence electrons. The average Bonchev–Trinajstić information content (AvgIpc) is 3.10. The summed E-state index contributed by atoms with van der Waals surface area (Å²) in [6, 6.07) is 4.07. The van der Waals surface area contributed by atoms with Crippen LogP contribution in [-0.4, -0.2) is 53.1 Å². The van der Waals surface area contributed by atoms with E-state index in [1.807, 2.05) is 0 Å². The highest BCUT2D eigenvalue weighted by Gasteiger charge is 2.37. The van der Waals surface area contributed by atoms with Crippen molar-refractivity contribution in [3.8, 4) is 0 Å². The van der Waals surface area contributed by atoms with E-state index in [9.17, 15) is 18.3 Å². The fourth-order valence-corrected chi connectivity index (χ4v) is 4.72. The van der Waals surface area contributed by atoms with E-state index in [-0.39, 0.29) is 17.3 Å². The van der Waals surface area contributed by atoms with Crippen LogP contribution >= 0.6 is 11.8 Å². The molecule has 0 radical (unpaired) electrons. The van der Waals surface area contributed by atoms with Crippen molar-refractivity contribution in [1.29, 1.82) is 0 Å². The molecule has 0 aliphatic carbocycles. The molecule has 8 nitrogen and oxygen atoms in total. The van der Waals surface area contributed by atoms with Gasteiger partial charge in [0.1, 0.15) is 5.76 Å². The second-order valence-corrected chi connectivity index (χ2v) is 8.41. The van der Waals surface area contributed by atoms with Crippen LogP contribution in [0.4, 0.5) is 0 Å². The van der Waals surface area contributed by atoms with Gasteiger partial charge < -0.3 is 14.8 Å². The molecule has 0 aromatic carbocycles. The summed E-state index contributed by atoms with van der Waals surface area (Å²) in [6.45, 7) is 0. The number of carbonyl (C=O) groups is 1. The Hall–Kier alpha value is -1.91. The second kappa shape index (κ2) is 6.91. The Balaban J connectivity index is 1.58. The minimum atomic E-state index is -3.32. The third kappa shape index (κ3) is 4.13. The molecule has 1 amide bonds. The van der Waals surface area contributed by atoms with Crippen molar-refractivity contribution in [1.82, 2.24) is 15.3 Å². The minimum absolute atomic E-state index is 0.0658. The Labute approximate surface area is 142 Å². The number of amides is 1. The topological polar surface area (TPSA) is 122 Å². The molecule has 1 aliphatic heterocycles. The maximum absolute atomic E-state index is 12.1. The number of aromatic nitrogens is 2. The standard InChI is InChI=1S/C14H15N3O5S2/c18-11-8-24(20,21)7-10(11)17-13(19)12-3-2-9(22-12)6-23-14-15-4-1-5-16-14/h1-5,10-11,18H,6-8H2,(H,17,19)/t10-,11-/m1/s1. The van der Waals surface area contributed by atoms with Crippen LogP contribution in [0.3, 0.4) is 0 Å². The summed E-state index contributed by atoms with van der Waals surface area (Å²) in [6.07, 6.45) is 2.17. The molecule has 2 aromatic rings. The zero-order valence-electron chi connectivity index (χ0n) is 12.5. The Morgan fingerprint density at radius 2 is 2.08 bits per heavy atom. The van der Waals surface area contributed by atoms with Gasteiger partial charge in [-0.15, -0.1) is 0 Å². The zero-order valence-corrected chi connectivity index (χ0v) is 14.1. The van der Waals surface area contributed by atoms with E-state index in [2.05, 4.69) is 15.3 Å². The first kappa shape index (κ1) is 16.9. The number of aliphatic hydroxyl groups excluding tert-OH is 1. The predicted molar refractivity (Wildman–Crippen MR) is 86.2 cm³/mol.